The molecule has 0 spiro atoms. The van der Waals surface area contributed by atoms with E-state index in [1.54, 1.807) is 0 Å². The fourth-order valence-electron chi connectivity index (χ4n) is 13.9. The van der Waals surface area contributed by atoms with Crippen LogP contribution in [0.5, 0.6) is 0 Å². The summed E-state index contributed by atoms with van der Waals surface area (Å²) in [6, 6.07) is 0. The van der Waals surface area contributed by atoms with Crippen molar-refractivity contribution in [3.8, 4) is 0 Å². The minimum absolute atomic E-state index is 0.00757. The molecule has 2 bridgehead atoms. The smallest absolute Gasteiger partial charge is 0.335 e. The van der Waals surface area contributed by atoms with Gasteiger partial charge in [-0.2, -0.15) is 0 Å². The fraction of sp³-hybridized carbons (Fsp3) is 0.857. The number of allylic oxidation sites excluding steroid dienone is 2. The van der Waals surface area contributed by atoms with Crippen LogP contribution in [0.15, 0.2) is 11.6 Å². The number of carbonyl (C=O) groups excluding carboxylic acids is 2. The molecule has 3 heterocycles. The topological polar surface area (TPSA) is 276 Å². The summed E-state index contributed by atoms with van der Waals surface area (Å²) in [5, 5.41) is 84.2. The van der Waals surface area contributed by atoms with Gasteiger partial charge in [-0.3, -0.25) is 9.59 Å². The molecule has 59 heavy (non-hydrogen) atoms. The van der Waals surface area contributed by atoms with Gasteiger partial charge in [0.15, 0.2) is 30.6 Å². The summed E-state index contributed by atoms with van der Waals surface area (Å²) in [6.07, 6.45) is -14.3. The molecule has 0 aromatic rings. The third-order valence-corrected chi connectivity index (χ3v) is 17.6. The number of hydrogen-bond acceptors (Lipinski definition) is 15. The Kier molecular flexibility index (Phi) is 10.2. The van der Waals surface area contributed by atoms with E-state index >= 15 is 0 Å². The van der Waals surface area contributed by atoms with E-state index < -0.39 is 114 Å². The van der Waals surface area contributed by atoms with Crippen molar-refractivity contribution in [1.82, 2.24) is 0 Å². The lowest BCUT2D eigenvalue weighted by Crippen LogP contribution is -2.69. The molecule has 5 aliphatic carbocycles. The minimum Gasteiger partial charge on any atom is -0.479 e. The first kappa shape index (κ1) is 43.1. The Hall–Kier alpha value is -2.58. The average Bonchev–Trinajstić information content (AvgIpc) is 3.43. The Morgan fingerprint density at radius 3 is 2.00 bits per heavy atom. The number of hydrogen-bond donors (Lipinski definition) is 8. The monoisotopic (exact) mass is 836 g/mol. The molecule has 3 saturated heterocycles. The molecule has 4 saturated carbocycles. The van der Waals surface area contributed by atoms with E-state index in [0.717, 1.165) is 18.4 Å². The van der Waals surface area contributed by atoms with Gasteiger partial charge in [0.2, 0.25) is 0 Å². The number of aliphatic hydroxyl groups excluding tert-OH is 6. The molecule has 0 unspecified atom stereocenters. The third-order valence-electron chi connectivity index (χ3n) is 17.6. The van der Waals surface area contributed by atoms with Gasteiger partial charge >= 0.3 is 17.9 Å². The van der Waals surface area contributed by atoms with Crippen molar-refractivity contribution in [2.45, 2.75) is 167 Å². The van der Waals surface area contributed by atoms with Crippen molar-refractivity contribution >= 4 is 23.7 Å². The van der Waals surface area contributed by atoms with Crippen LogP contribution in [0.25, 0.3) is 0 Å². The molecule has 330 valence electrons. The number of aliphatic hydroxyl groups is 6. The minimum atomic E-state index is -2.09. The molecule has 3 aliphatic heterocycles. The van der Waals surface area contributed by atoms with Gasteiger partial charge in [0.25, 0.3) is 0 Å². The van der Waals surface area contributed by atoms with E-state index in [0.29, 0.717) is 32.1 Å². The second-order valence-electron chi connectivity index (χ2n) is 20.6. The number of ether oxygens (including phenoxy) is 5. The highest BCUT2D eigenvalue weighted by molar-refractivity contribution is 5.96. The maximum absolute atomic E-state index is 14.9. The van der Waals surface area contributed by atoms with Gasteiger partial charge in [-0.1, -0.05) is 40.2 Å². The first-order valence-corrected chi connectivity index (χ1v) is 21.0. The zero-order chi connectivity index (χ0) is 43.2. The molecule has 21 atom stereocenters. The van der Waals surface area contributed by atoms with Gasteiger partial charge in [-0.05, 0) is 86.0 Å². The van der Waals surface area contributed by atoms with Crippen molar-refractivity contribution < 1.29 is 83.7 Å². The fourth-order valence-corrected chi connectivity index (χ4v) is 13.9. The molecule has 7 fully saturated rings. The third kappa shape index (κ3) is 5.85. The highest BCUT2D eigenvalue weighted by Crippen LogP contribution is 2.76. The van der Waals surface area contributed by atoms with Gasteiger partial charge in [0, 0.05) is 23.2 Å². The highest BCUT2D eigenvalue weighted by Gasteiger charge is 2.73. The lowest BCUT2D eigenvalue weighted by molar-refractivity contribution is -0.372. The van der Waals surface area contributed by atoms with E-state index in [1.165, 1.54) is 0 Å². The number of fused-ring (bicyclic) bond motifs is 10. The average molecular weight is 837 g/mol. The maximum Gasteiger partial charge on any atom is 0.335 e. The van der Waals surface area contributed by atoms with Crippen molar-refractivity contribution in [3.63, 3.8) is 0 Å². The molecule has 0 aromatic carbocycles. The zero-order valence-electron chi connectivity index (χ0n) is 34.4. The van der Waals surface area contributed by atoms with Gasteiger partial charge in [0.1, 0.15) is 42.7 Å². The molecule has 17 nitrogen and oxygen atoms in total. The summed E-state index contributed by atoms with van der Waals surface area (Å²) in [6.45, 7) is 12.2. The lowest BCUT2D eigenvalue weighted by Gasteiger charge is -2.70. The lowest BCUT2D eigenvalue weighted by atomic mass is 9.33. The van der Waals surface area contributed by atoms with Crippen molar-refractivity contribution in [1.29, 1.82) is 0 Å². The van der Waals surface area contributed by atoms with E-state index in [-0.39, 0.29) is 46.9 Å². The van der Waals surface area contributed by atoms with Crippen LogP contribution in [-0.2, 0) is 42.9 Å². The number of rotatable bonds is 7. The van der Waals surface area contributed by atoms with Gasteiger partial charge in [-0.15, -0.1) is 0 Å². The highest BCUT2D eigenvalue weighted by atomic mass is 16.8. The number of carboxylic acids is 2. The van der Waals surface area contributed by atoms with Crippen molar-refractivity contribution in [2.24, 2.45) is 50.2 Å². The number of carbonyl (C=O) groups is 4. The van der Waals surface area contributed by atoms with E-state index in [9.17, 15) is 60.0 Å². The van der Waals surface area contributed by atoms with Crippen molar-refractivity contribution in [2.75, 3.05) is 6.61 Å². The summed E-state index contributed by atoms with van der Waals surface area (Å²) in [5.41, 5.74) is -2.32. The maximum atomic E-state index is 14.9. The van der Waals surface area contributed by atoms with Crippen LogP contribution in [0.4, 0.5) is 0 Å². The molecule has 0 radical (unpaired) electrons. The summed E-state index contributed by atoms with van der Waals surface area (Å²) in [4.78, 5) is 52.0. The Morgan fingerprint density at radius 2 is 1.37 bits per heavy atom. The molecular weight excluding hydrogens is 776 g/mol. The Balaban J connectivity index is 1.09. The second kappa shape index (κ2) is 14.0. The van der Waals surface area contributed by atoms with E-state index in [2.05, 4.69) is 27.7 Å². The summed E-state index contributed by atoms with van der Waals surface area (Å²) < 4.78 is 29.3. The molecular formula is C42H60O17. The molecule has 8 aliphatic rings. The van der Waals surface area contributed by atoms with Crippen LogP contribution < -0.4 is 0 Å². The number of carboxylic acid groups (broad SMARTS) is 2. The van der Waals surface area contributed by atoms with Crippen molar-refractivity contribution in [3.05, 3.63) is 11.6 Å². The van der Waals surface area contributed by atoms with Crippen LogP contribution in [0, 0.1) is 50.2 Å². The summed E-state index contributed by atoms with van der Waals surface area (Å²) in [7, 11) is 0. The SMILES string of the molecule is C[C@@]12C[C@@H](OC1=O)[C@]1(C)CC[C@]3(C)C(=CC(=O)[C@@H]4[C@@]5(C)CC[C@H](O[C@@H]6O[C@H](C(=O)O)[C@@H](O)[C@H](O)[C@H]6O[C@@H]6O[C@H](C(=O)O)[C@@H](O)[C@H](O)[C@H]6O)[C@](C)(CO)[C@@H]5CC[C@]43C)[C@@H]1C2. The number of aliphatic carboxylic acids is 2. The largest absolute Gasteiger partial charge is 0.479 e. The second-order valence-corrected chi connectivity index (χ2v) is 20.6. The van der Waals surface area contributed by atoms with Gasteiger partial charge in [0.05, 0.1) is 18.1 Å². The van der Waals surface area contributed by atoms with Crippen LogP contribution in [0.3, 0.4) is 0 Å². The first-order valence-electron chi connectivity index (χ1n) is 21.0. The quantitative estimate of drug-likeness (QED) is 0.129. The summed E-state index contributed by atoms with van der Waals surface area (Å²) in [5.74, 6) is -4.20. The van der Waals surface area contributed by atoms with Gasteiger partial charge in [-0.25, -0.2) is 9.59 Å². The van der Waals surface area contributed by atoms with E-state index in [1.807, 2.05) is 19.9 Å². The molecule has 17 heteroatoms. The van der Waals surface area contributed by atoms with E-state index in [4.69, 9.17) is 23.7 Å². The normalized spacial score (nSPS) is 55.5. The Labute approximate surface area is 342 Å². The van der Waals surface area contributed by atoms with Crippen LogP contribution in [0.2, 0.25) is 0 Å². The number of ketones is 1. The number of esters is 1. The van der Waals surface area contributed by atoms with Crippen LogP contribution in [-0.4, -0.2) is 145 Å². The van der Waals surface area contributed by atoms with Crippen LogP contribution in [0.1, 0.15) is 92.9 Å². The zero-order valence-corrected chi connectivity index (χ0v) is 34.4. The molecule has 8 rings (SSSR count). The molecule has 8 N–H and O–H groups in total. The predicted molar refractivity (Wildman–Crippen MR) is 198 cm³/mol. The Morgan fingerprint density at radius 1 is 0.746 bits per heavy atom. The first-order chi connectivity index (χ1) is 27.4. The molecule has 0 amide bonds. The Bertz CT molecular complexity index is 1800. The molecule has 0 aromatic heterocycles. The standard InChI is InChI=1S/C42H60O17/c1-37-14-18-17-13-19(44)31-39(3)9-8-21(40(4,16-43)20(39)7-10-42(31,6)41(17,5)12-11-38(18,2)22(15-37)56-36(37)54)55-35-30(26(48)25(47)29(58-35)33(52)53)59-34-27(49)23(45)24(46)28(57-34)32(50)51/h13,18,20-31,34-35,43,45-49H,7-12,14-16H2,1-6H3,(H,50,51)(H,52,53)/t18-,20+,21-,22+,23-,24-,25-,26-,27+,28-,29-,30+,31+,34-,35+,37+,38+,39-,40+,41+,42+/m0/s1. The van der Waals surface area contributed by atoms with Gasteiger partial charge < -0.3 is 64.5 Å². The predicted octanol–water partition coefficient (Wildman–Crippen LogP) is 0.669. The van der Waals surface area contributed by atoms with Crippen LogP contribution >= 0.6 is 0 Å². The summed E-state index contributed by atoms with van der Waals surface area (Å²) >= 11 is 0.